The SMILES string of the molecule is Cc1ccc(-c2csc3ncn(CC(=O)NC(CN4CCOCC4)c4ccccc4)c(=O)c23)cc1. The highest BCUT2D eigenvalue weighted by Gasteiger charge is 2.21. The first-order valence-electron chi connectivity index (χ1n) is 11.8. The Hall–Kier alpha value is -3.33. The summed E-state index contributed by atoms with van der Waals surface area (Å²) in [6.45, 7) is 5.69. The van der Waals surface area contributed by atoms with Crippen LogP contribution in [-0.2, 0) is 16.1 Å². The number of carbonyl (C=O) groups is 1. The van der Waals surface area contributed by atoms with Crippen LogP contribution in [0.2, 0.25) is 0 Å². The van der Waals surface area contributed by atoms with Crippen LogP contribution in [0.5, 0.6) is 0 Å². The molecule has 4 aromatic rings. The number of aryl methyl sites for hydroxylation is 1. The number of hydrogen-bond acceptors (Lipinski definition) is 6. The van der Waals surface area contributed by atoms with Crippen LogP contribution >= 0.6 is 11.3 Å². The van der Waals surface area contributed by atoms with Crippen LogP contribution in [0.3, 0.4) is 0 Å². The minimum atomic E-state index is -0.220. The molecule has 2 aromatic heterocycles. The van der Waals surface area contributed by atoms with Gasteiger partial charge in [0.2, 0.25) is 5.91 Å². The van der Waals surface area contributed by atoms with E-state index in [1.165, 1.54) is 22.2 Å². The average molecular weight is 489 g/mol. The lowest BCUT2D eigenvalue weighted by Gasteiger charge is -2.31. The van der Waals surface area contributed by atoms with Gasteiger partial charge >= 0.3 is 0 Å². The van der Waals surface area contributed by atoms with E-state index in [2.05, 4.69) is 15.2 Å². The molecule has 1 saturated heterocycles. The number of hydrogen-bond donors (Lipinski definition) is 1. The maximum atomic E-state index is 13.4. The largest absolute Gasteiger partial charge is 0.379 e. The zero-order valence-corrected chi connectivity index (χ0v) is 20.5. The molecule has 1 N–H and O–H groups in total. The summed E-state index contributed by atoms with van der Waals surface area (Å²) in [5, 5.41) is 5.66. The lowest BCUT2D eigenvalue weighted by molar-refractivity contribution is -0.122. The fourth-order valence-electron chi connectivity index (χ4n) is 4.38. The second-order valence-electron chi connectivity index (χ2n) is 8.82. The Morgan fingerprint density at radius 2 is 1.86 bits per heavy atom. The van der Waals surface area contributed by atoms with Gasteiger partial charge in [0.1, 0.15) is 11.4 Å². The lowest BCUT2D eigenvalue weighted by Crippen LogP contribution is -2.44. The number of ether oxygens (including phenoxy) is 1. The molecular formula is C27H28N4O3S. The average Bonchev–Trinajstić information content (AvgIpc) is 3.32. The Labute approximate surface area is 208 Å². The summed E-state index contributed by atoms with van der Waals surface area (Å²) in [6, 6.07) is 17.8. The van der Waals surface area contributed by atoms with Crippen molar-refractivity contribution >= 4 is 27.5 Å². The number of morpholine rings is 1. The molecule has 1 atom stereocenters. The van der Waals surface area contributed by atoms with Gasteiger partial charge in [-0.05, 0) is 18.1 Å². The Balaban J connectivity index is 1.38. The molecule has 1 fully saturated rings. The summed E-state index contributed by atoms with van der Waals surface area (Å²) in [5.74, 6) is -0.220. The fraction of sp³-hybridized carbons (Fsp3) is 0.296. The molecule has 7 nitrogen and oxygen atoms in total. The number of benzene rings is 2. The number of aromatic nitrogens is 2. The van der Waals surface area contributed by atoms with Gasteiger partial charge in [-0.15, -0.1) is 11.3 Å². The van der Waals surface area contributed by atoms with Crippen molar-refractivity contribution in [3.8, 4) is 11.1 Å². The number of fused-ring (bicyclic) bond motifs is 1. The molecule has 1 aliphatic rings. The van der Waals surface area contributed by atoms with Crippen molar-refractivity contribution < 1.29 is 9.53 Å². The third kappa shape index (κ3) is 5.35. The Kier molecular flexibility index (Phi) is 7.03. The molecule has 1 amide bonds. The van der Waals surface area contributed by atoms with Gasteiger partial charge in [0.15, 0.2) is 0 Å². The van der Waals surface area contributed by atoms with Gasteiger partial charge in [0.25, 0.3) is 5.56 Å². The molecule has 35 heavy (non-hydrogen) atoms. The maximum Gasteiger partial charge on any atom is 0.263 e. The number of carbonyl (C=O) groups excluding carboxylic acids is 1. The van der Waals surface area contributed by atoms with Gasteiger partial charge in [-0.1, -0.05) is 60.2 Å². The molecule has 1 aliphatic heterocycles. The summed E-state index contributed by atoms with van der Waals surface area (Å²) < 4.78 is 6.86. The van der Waals surface area contributed by atoms with Crippen molar-refractivity contribution in [3.63, 3.8) is 0 Å². The van der Waals surface area contributed by atoms with Gasteiger partial charge in [-0.25, -0.2) is 4.98 Å². The molecule has 0 saturated carbocycles. The maximum absolute atomic E-state index is 13.4. The fourth-order valence-corrected chi connectivity index (χ4v) is 5.29. The predicted octanol–water partition coefficient (Wildman–Crippen LogP) is 3.62. The lowest BCUT2D eigenvalue weighted by atomic mass is 10.1. The third-order valence-corrected chi connectivity index (χ3v) is 7.21. The van der Waals surface area contributed by atoms with Crippen LogP contribution in [0.25, 0.3) is 21.3 Å². The Morgan fingerprint density at radius 3 is 2.60 bits per heavy atom. The highest BCUT2D eigenvalue weighted by Crippen LogP contribution is 2.30. The number of nitrogens with one attached hydrogen (secondary N) is 1. The van der Waals surface area contributed by atoms with Crippen molar-refractivity contribution in [3.05, 3.63) is 87.8 Å². The number of thiophene rings is 1. The molecule has 180 valence electrons. The topological polar surface area (TPSA) is 76.5 Å². The minimum Gasteiger partial charge on any atom is -0.379 e. The van der Waals surface area contributed by atoms with Gasteiger partial charge in [-0.3, -0.25) is 19.1 Å². The summed E-state index contributed by atoms with van der Waals surface area (Å²) in [5.41, 5.74) is 3.81. The van der Waals surface area contributed by atoms with Crippen LogP contribution in [0, 0.1) is 6.92 Å². The molecule has 1 unspecified atom stereocenters. The van der Waals surface area contributed by atoms with E-state index in [1.807, 2.05) is 66.9 Å². The van der Waals surface area contributed by atoms with E-state index >= 15 is 0 Å². The molecule has 0 spiro atoms. The van der Waals surface area contributed by atoms with E-state index in [0.717, 1.165) is 35.3 Å². The predicted molar refractivity (Wildman–Crippen MR) is 139 cm³/mol. The number of amides is 1. The zero-order valence-electron chi connectivity index (χ0n) is 19.6. The van der Waals surface area contributed by atoms with Gasteiger partial charge in [0, 0.05) is 30.6 Å². The molecule has 3 heterocycles. The van der Waals surface area contributed by atoms with Crippen molar-refractivity contribution in [1.29, 1.82) is 0 Å². The minimum absolute atomic E-state index is 0.0859. The van der Waals surface area contributed by atoms with Crippen LogP contribution in [0.15, 0.2) is 71.1 Å². The first kappa shape index (κ1) is 23.4. The second kappa shape index (κ2) is 10.5. The molecule has 8 heteroatoms. The van der Waals surface area contributed by atoms with Crippen LogP contribution in [0.1, 0.15) is 17.2 Å². The number of nitrogens with zero attached hydrogens (tertiary/aromatic N) is 3. The van der Waals surface area contributed by atoms with E-state index in [-0.39, 0.29) is 24.1 Å². The van der Waals surface area contributed by atoms with Gasteiger partial charge in [-0.2, -0.15) is 0 Å². The first-order chi connectivity index (χ1) is 17.1. The molecule has 0 bridgehead atoms. The molecule has 2 aromatic carbocycles. The molecule has 5 rings (SSSR count). The Bertz CT molecular complexity index is 1360. The van der Waals surface area contributed by atoms with Crippen molar-refractivity contribution in [2.75, 3.05) is 32.8 Å². The molecule has 0 radical (unpaired) electrons. The summed E-state index contributed by atoms with van der Waals surface area (Å²) in [7, 11) is 0. The van der Waals surface area contributed by atoms with Crippen LogP contribution < -0.4 is 10.9 Å². The molecular weight excluding hydrogens is 460 g/mol. The normalized spacial score (nSPS) is 15.2. The zero-order chi connectivity index (χ0) is 24.2. The standard InChI is InChI=1S/C27H28N4O3S/c1-19-7-9-20(10-8-19)22-17-35-26-25(22)27(33)31(18-28-26)16-24(32)29-23(21-5-3-2-4-6-21)15-30-11-13-34-14-12-30/h2-10,17-18,23H,11-16H2,1H3,(H,29,32). The third-order valence-electron chi connectivity index (χ3n) is 6.32. The highest BCUT2D eigenvalue weighted by molar-refractivity contribution is 7.17. The quantitative estimate of drug-likeness (QED) is 0.430. The van der Waals surface area contributed by atoms with E-state index < -0.39 is 0 Å². The number of rotatable bonds is 7. The molecule has 0 aliphatic carbocycles. The van der Waals surface area contributed by atoms with E-state index in [0.29, 0.717) is 30.0 Å². The van der Waals surface area contributed by atoms with E-state index in [4.69, 9.17) is 4.74 Å². The van der Waals surface area contributed by atoms with E-state index in [9.17, 15) is 9.59 Å². The monoisotopic (exact) mass is 488 g/mol. The van der Waals surface area contributed by atoms with Crippen molar-refractivity contribution in [2.45, 2.75) is 19.5 Å². The first-order valence-corrected chi connectivity index (χ1v) is 12.6. The van der Waals surface area contributed by atoms with Crippen LogP contribution in [-0.4, -0.2) is 53.2 Å². The Morgan fingerprint density at radius 1 is 1.11 bits per heavy atom. The summed E-state index contributed by atoms with van der Waals surface area (Å²) in [6.07, 6.45) is 1.47. The van der Waals surface area contributed by atoms with Gasteiger partial charge in [0.05, 0.1) is 31.0 Å². The van der Waals surface area contributed by atoms with Crippen LogP contribution in [0.4, 0.5) is 0 Å². The second-order valence-corrected chi connectivity index (χ2v) is 9.68. The summed E-state index contributed by atoms with van der Waals surface area (Å²) >= 11 is 1.44. The van der Waals surface area contributed by atoms with Gasteiger partial charge < -0.3 is 10.1 Å². The summed E-state index contributed by atoms with van der Waals surface area (Å²) in [4.78, 5) is 33.9. The smallest absolute Gasteiger partial charge is 0.263 e. The van der Waals surface area contributed by atoms with E-state index in [1.54, 1.807) is 0 Å². The van der Waals surface area contributed by atoms with Crippen molar-refractivity contribution in [2.24, 2.45) is 0 Å². The highest BCUT2D eigenvalue weighted by atomic mass is 32.1. The van der Waals surface area contributed by atoms with Crippen molar-refractivity contribution in [1.82, 2.24) is 19.8 Å².